The summed E-state index contributed by atoms with van der Waals surface area (Å²) in [7, 11) is 0. The van der Waals surface area contributed by atoms with Crippen molar-refractivity contribution >= 4 is 28.6 Å². The molecule has 23 heavy (non-hydrogen) atoms. The maximum absolute atomic E-state index is 10.7. The van der Waals surface area contributed by atoms with E-state index in [4.69, 9.17) is 14.2 Å². The van der Waals surface area contributed by atoms with E-state index in [1.54, 1.807) is 0 Å². The summed E-state index contributed by atoms with van der Waals surface area (Å²) in [6, 6.07) is 8.46. The minimum atomic E-state index is 0.0520. The van der Waals surface area contributed by atoms with Gasteiger partial charge in [-0.3, -0.25) is 8.32 Å². The summed E-state index contributed by atoms with van der Waals surface area (Å²) in [6.07, 6.45) is 1.65. The lowest BCUT2D eigenvalue weighted by Gasteiger charge is -2.11. The number of carbonyl (C=O) groups is 1. The van der Waals surface area contributed by atoms with Crippen molar-refractivity contribution in [2.24, 2.45) is 0 Å². The van der Waals surface area contributed by atoms with Crippen LogP contribution in [-0.4, -0.2) is 38.8 Å². The van der Waals surface area contributed by atoms with E-state index >= 15 is 0 Å². The summed E-state index contributed by atoms with van der Waals surface area (Å²) >= 11 is 2.16. The summed E-state index contributed by atoms with van der Waals surface area (Å²) in [6.45, 7) is 6.34. The summed E-state index contributed by atoms with van der Waals surface area (Å²) in [5, 5.41) is 0. The number of halogens is 1. The van der Waals surface area contributed by atoms with Crippen LogP contribution in [0.4, 0.5) is 0 Å². The van der Waals surface area contributed by atoms with Gasteiger partial charge < -0.3 is 14.2 Å². The van der Waals surface area contributed by atoms with E-state index in [1.165, 1.54) is 12.5 Å². The Balaban J connectivity index is 1.99. The zero-order chi connectivity index (χ0) is 16.9. The van der Waals surface area contributed by atoms with Gasteiger partial charge in [0.05, 0.1) is 6.61 Å². The maximum atomic E-state index is 10.7. The quantitative estimate of drug-likeness (QED) is 0.292. The number of Topliss-reactive ketones (excluding diaryl/α,β-unsaturated/α-hetero) is 1. The van der Waals surface area contributed by atoms with Crippen LogP contribution in [0.2, 0.25) is 0 Å². The van der Waals surface area contributed by atoms with Crippen molar-refractivity contribution in [3.05, 3.63) is 29.8 Å². The highest BCUT2D eigenvalue weighted by atomic mass is 127. The van der Waals surface area contributed by atoms with Gasteiger partial charge in [0, 0.05) is 55.1 Å². The fourth-order valence-electron chi connectivity index (χ4n) is 1.85. The molecule has 0 fully saturated rings. The van der Waals surface area contributed by atoms with E-state index < -0.39 is 0 Å². The Labute approximate surface area is 152 Å². The Hall–Kier alpha value is -0.700. The minimum absolute atomic E-state index is 0.0520. The van der Waals surface area contributed by atoms with Crippen molar-refractivity contribution in [2.75, 3.05) is 33.0 Å². The molecule has 1 N–H and O–H groups in total. The van der Waals surface area contributed by atoms with Gasteiger partial charge in [-0.15, -0.1) is 0 Å². The van der Waals surface area contributed by atoms with Crippen LogP contribution in [0.5, 0.6) is 5.75 Å². The molecule has 0 bridgehead atoms. The summed E-state index contributed by atoms with van der Waals surface area (Å²) < 4.78 is 19.5. The van der Waals surface area contributed by atoms with E-state index in [9.17, 15) is 4.79 Å². The standard InChI is InChI=1S/C17H26INO4/c1-14(20)13-22-11-3-9-21-10-4-12-23-17-7-5-16(6-8-17)15(2)19-18/h5-8,15,19H,3-4,9-13H2,1-2H3/t15-/m1/s1. The van der Waals surface area contributed by atoms with Crippen LogP contribution < -0.4 is 8.27 Å². The van der Waals surface area contributed by atoms with E-state index in [-0.39, 0.29) is 12.4 Å². The highest BCUT2D eigenvalue weighted by Gasteiger charge is 2.02. The first kappa shape index (κ1) is 20.3. The third kappa shape index (κ3) is 9.91. The third-order valence-corrected chi connectivity index (χ3v) is 4.06. The topological polar surface area (TPSA) is 56.8 Å². The van der Waals surface area contributed by atoms with Crippen LogP contribution >= 0.6 is 22.9 Å². The molecular formula is C17H26INO4. The number of ketones is 1. The Morgan fingerprint density at radius 1 is 1.09 bits per heavy atom. The first-order chi connectivity index (χ1) is 11.1. The molecule has 0 saturated carbocycles. The molecular weight excluding hydrogens is 409 g/mol. The second kappa shape index (κ2) is 12.7. The van der Waals surface area contributed by atoms with Crippen molar-refractivity contribution in [2.45, 2.75) is 32.7 Å². The lowest BCUT2D eigenvalue weighted by atomic mass is 10.1. The lowest BCUT2D eigenvalue weighted by Crippen LogP contribution is -2.08. The normalized spacial score (nSPS) is 12.1. The van der Waals surface area contributed by atoms with Gasteiger partial charge in [0.2, 0.25) is 0 Å². The lowest BCUT2D eigenvalue weighted by molar-refractivity contribution is -0.121. The highest BCUT2D eigenvalue weighted by Crippen LogP contribution is 2.18. The monoisotopic (exact) mass is 435 g/mol. The molecule has 5 nitrogen and oxygen atoms in total. The Bertz CT molecular complexity index is 439. The molecule has 0 spiro atoms. The third-order valence-electron chi connectivity index (χ3n) is 3.13. The molecule has 6 heteroatoms. The summed E-state index contributed by atoms with van der Waals surface area (Å²) in [5.41, 5.74) is 1.24. The van der Waals surface area contributed by atoms with Crippen LogP contribution in [0.1, 0.15) is 38.3 Å². The van der Waals surface area contributed by atoms with Crippen LogP contribution in [0.15, 0.2) is 24.3 Å². The SMILES string of the molecule is CC(=O)COCCCOCCCOc1ccc([C@@H](C)NI)cc1. The fraction of sp³-hybridized carbons (Fsp3) is 0.588. The van der Waals surface area contributed by atoms with Crippen LogP contribution in [0, 0.1) is 0 Å². The molecule has 0 radical (unpaired) electrons. The number of benzene rings is 1. The summed E-state index contributed by atoms with van der Waals surface area (Å²) in [5.74, 6) is 0.933. The van der Waals surface area contributed by atoms with E-state index in [0.29, 0.717) is 32.5 Å². The van der Waals surface area contributed by atoms with Gasteiger partial charge in [-0.2, -0.15) is 0 Å². The van der Waals surface area contributed by atoms with Gasteiger partial charge in [0.1, 0.15) is 12.4 Å². The predicted octanol–water partition coefficient (Wildman–Crippen LogP) is 3.47. The number of hydrogen-bond acceptors (Lipinski definition) is 5. The van der Waals surface area contributed by atoms with E-state index in [2.05, 4.69) is 45.5 Å². The molecule has 0 unspecified atom stereocenters. The van der Waals surface area contributed by atoms with Crippen molar-refractivity contribution in [3.8, 4) is 5.75 Å². The van der Waals surface area contributed by atoms with Gasteiger partial charge in [-0.1, -0.05) is 12.1 Å². The summed E-state index contributed by atoms with van der Waals surface area (Å²) in [4.78, 5) is 10.7. The fourth-order valence-corrected chi connectivity index (χ4v) is 2.21. The molecule has 0 aliphatic heterocycles. The molecule has 1 aromatic carbocycles. The van der Waals surface area contributed by atoms with Crippen molar-refractivity contribution < 1.29 is 19.0 Å². The Kier molecular flexibility index (Phi) is 11.2. The molecule has 130 valence electrons. The minimum Gasteiger partial charge on any atom is -0.494 e. The molecule has 0 amide bonds. The van der Waals surface area contributed by atoms with Gasteiger partial charge >= 0.3 is 0 Å². The maximum Gasteiger partial charge on any atom is 0.155 e. The number of nitrogens with one attached hydrogen (secondary N) is 1. The Morgan fingerprint density at radius 2 is 1.70 bits per heavy atom. The molecule has 0 aliphatic carbocycles. The molecule has 1 rings (SSSR count). The first-order valence-electron chi connectivity index (χ1n) is 7.87. The second-order valence-corrected chi connectivity index (χ2v) is 5.95. The second-order valence-electron chi connectivity index (χ2n) is 5.32. The number of carbonyl (C=O) groups excluding carboxylic acids is 1. The van der Waals surface area contributed by atoms with E-state index in [1.807, 2.05) is 12.1 Å². The smallest absolute Gasteiger partial charge is 0.155 e. The zero-order valence-electron chi connectivity index (χ0n) is 13.8. The largest absolute Gasteiger partial charge is 0.494 e. The molecule has 0 aromatic heterocycles. The van der Waals surface area contributed by atoms with Gasteiger partial charge in [0.25, 0.3) is 0 Å². The number of ether oxygens (including phenoxy) is 3. The van der Waals surface area contributed by atoms with Crippen LogP contribution in [-0.2, 0) is 14.3 Å². The van der Waals surface area contributed by atoms with Crippen LogP contribution in [0.25, 0.3) is 0 Å². The average molecular weight is 435 g/mol. The van der Waals surface area contributed by atoms with Crippen molar-refractivity contribution in [3.63, 3.8) is 0 Å². The first-order valence-corrected chi connectivity index (χ1v) is 8.95. The molecule has 1 atom stereocenters. The van der Waals surface area contributed by atoms with Crippen molar-refractivity contribution in [1.82, 2.24) is 3.53 Å². The molecule has 1 aromatic rings. The Morgan fingerprint density at radius 3 is 2.30 bits per heavy atom. The molecule has 0 heterocycles. The zero-order valence-corrected chi connectivity index (χ0v) is 16.0. The van der Waals surface area contributed by atoms with Crippen LogP contribution in [0.3, 0.4) is 0 Å². The molecule has 0 saturated heterocycles. The molecule has 0 aliphatic rings. The highest BCUT2D eigenvalue weighted by molar-refractivity contribution is 14.1. The van der Waals surface area contributed by atoms with Crippen molar-refractivity contribution in [1.29, 1.82) is 0 Å². The average Bonchev–Trinajstić information content (AvgIpc) is 2.56. The van der Waals surface area contributed by atoms with Gasteiger partial charge in [0.15, 0.2) is 5.78 Å². The van der Waals surface area contributed by atoms with E-state index in [0.717, 1.165) is 18.6 Å². The van der Waals surface area contributed by atoms with Gasteiger partial charge in [-0.25, -0.2) is 0 Å². The van der Waals surface area contributed by atoms with Gasteiger partial charge in [-0.05, 0) is 38.0 Å². The number of rotatable bonds is 13. The predicted molar refractivity (Wildman–Crippen MR) is 99.1 cm³/mol. The number of hydrogen-bond donors (Lipinski definition) is 1.